The van der Waals surface area contributed by atoms with Gasteiger partial charge in [-0.1, -0.05) is 174 Å². The molecule has 79 heavy (non-hydrogen) atoms. The third kappa shape index (κ3) is 7.98. The molecular weight excluding hydrogens is 931 g/mol. The number of hydrogen-bond acceptors (Lipinski definition) is 2. The minimum absolute atomic E-state index is 0.866. The van der Waals surface area contributed by atoms with Crippen LogP contribution in [0, 0.1) is 0 Å². The number of nitrogens with zero attached hydrogens (tertiary/aromatic N) is 2. The molecule has 0 atom stereocenters. The van der Waals surface area contributed by atoms with Crippen LogP contribution >= 0.6 is 0 Å². The molecule has 0 saturated heterocycles. The third-order valence-electron chi connectivity index (χ3n) is 20.4. The maximum atomic E-state index is 5.09. The van der Waals surface area contributed by atoms with E-state index in [1.165, 1.54) is 204 Å². The summed E-state index contributed by atoms with van der Waals surface area (Å²) in [7, 11) is 42.3. The number of anilines is 3. The molecule has 0 spiro atoms. The van der Waals surface area contributed by atoms with Crippen LogP contribution in [0.1, 0.15) is 22.3 Å². The lowest BCUT2D eigenvalue weighted by atomic mass is 9.56. The van der Waals surface area contributed by atoms with Crippen molar-refractivity contribution in [1.29, 1.82) is 0 Å². The van der Waals surface area contributed by atoms with Gasteiger partial charge in [0.15, 0.2) is 0 Å². The molecule has 0 aromatic heterocycles. The van der Waals surface area contributed by atoms with Crippen LogP contribution in [0.2, 0.25) is 0 Å². The van der Waals surface area contributed by atoms with Crippen LogP contribution < -0.4 is 103 Å². The quantitative estimate of drug-likeness (QED) is 0.145. The van der Waals surface area contributed by atoms with Crippen molar-refractivity contribution in [2.75, 3.05) is 4.90 Å². The molecule has 358 valence electrons. The van der Waals surface area contributed by atoms with Crippen LogP contribution in [-0.4, -0.2) is 147 Å². The number of hydrogen-bond donors (Lipinski definition) is 0. The van der Waals surface area contributed by atoms with Crippen LogP contribution in [0.3, 0.4) is 0 Å². The summed E-state index contributed by atoms with van der Waals surface area (Å²) in [6, 6.07) is 41.2. The summed E-state index contributed by atoms with van der Waals surface area (Å²) in [4.78, 5) is 7.81. The second-order valence-corrected chi connectivity index (χ2v) is 23.9. The zero-order chi connectivity index (χ0) is 55.9. The van der Waals surface area contributed by atoms with Gasteiger partial charge in [-0.05, 0) is 101 Å². The van der Waals surface area contributed by atoms with E-state index in [1.807, 2.05) is 0 Å². The van der Waals surface area contributed by atoms with Crippen LogP contribution in [-0.2, 0) is 12.8 Å². The molecule has 1 heterocycles. The summed E-state index contributed by atoms with van der Waals surface area (Å²) in [5, 5.41) is 5.14. The summed E-state index contributed by atoms with van der Waals surface area (Å²) in [6.45, 7) is 0. The molecule has 0 N–H and O–H groups in total. The number of benzene rings is 10. The Bertz CT molecular complexity index is 4320. The number of aliphatic imine (C=N–C) groups is 1. The van der Waals surface area contributed by atoms with E-state index in [9.17, 15) is 0 Å². The van der Waals surface area contributed by atoms with E-state index >= 15 is 0 Å². The first-order valence-electron chi connectivity index (χ1n) is 28.7. The van der Waals surface area contributed by atoms with Gasteiger partial charge in [0, 0.05) is 29.0 Å². The molecule has 20 heteroatoms. The van der Waals surface area contributed by atoms with Gasteiger partial charge in [-0.2, -0.15) is 0 Å². The lowest BCUT2D eigenvalue weighted by Crippen LogP contribution is -2.59. The molecule has 10 aromatic carbocycles. The lowest BCUT2D eigenvalue weighted by molar-refractivity contribution is 1.28. The zero-order valence-electron chi connectivity index (χ0n) is 50.2. The second kappa shape index (κ2) is 19.6. The number of fused-ring (bicyclic) bond motifs is 7. The van der Waals surface area contributed by atoms with Crippen molar-refractivity contribution in [2.24, 2.45) is 4.99 Å². The minimum Gasteiger partial charge on any atom is -0.314 e. The summed E-state index contributed by atoms with van der Waals surface area (Å²) in [6.07, 6.45) is 1.78. The fraction of sp³-hybridized carbons (Fsp3) is 0.0339. The highest BCUT2D eigenvalue weighted by Crippen LogP contribution is 2.43. The van der Waals surface area contributed by atoms with E-state index in [1.54, 1.807) is 0 Å². The molecule has 0 unspecified atom stereocenters. The van der Waals surface area contributed by atoms with E-state index in [0.29, 0.717) is 0 Å². The van der Waals surface area contributed by atoms with Crippen molar-refractivity contribution < 1.29 is 0 Å². The van der Waals surface area contributed by atoms with Gasteiger partial charge >= 0.3 is 0 Å². The van der Waals surface area contributed by atoms with Crippen LogP contribution in [0.4, 0.5) is 22.7 Å². The number of para-hydroxylation sites is 1. The van der Waals surface area contributed by atoms with Gasteiger partial charge in [0.2, 0.25) is 0 Å². The maximum absolute atomic E-state index is 5.09. The van der Waals surface area contributed by atoms with E-state index in [-0.39, 0.29) is 0 Å². The van der Waals surface area contributed by atoms with Crippen molar-refractivity contribution in [3.8, 4) is 44.5 Å². The molecule has 0 bridgehead atoms. The Morgan fingerprint density at radius 3 is 1.30 bits per heavy atom. The molecule has 1 aliphatic heterocycles. The Balaban J connectivity index is 0.947. The third-order valence-corrected chi connectivity index (χ3v) is 20.4. The van der Waals surface area contributed by atoms with Crippen molar-refractivity contribution in [1.82, 2.24) is 0 Å². The highest BCUT2D eigenvalue weighted by molar-refractivity contribution is 6.73. The molecule has 0 radical (unpaired) electrons. The van der Waals surface area contributed by atoms with Gasteiger partial charge in [0.1, 0.15) is 141 Å². The van der Waals surface area contributed by atoms with E-state index in [0.717, 1.165) is 24.2 Å². The molecule has 0 fully saturated rings. The first-order valence-corrected chi connectivity index (χ1v) is 28.7. The highest BCUT2D eigenvalue weighted by Gasteiger charge is 2.31. The van der Waals surface area contributed by atoms with Crippen LogP contribution in [0.15, 0.2) is 114 Å². The minimum atomic E-state index is 0.866. The monoisotopic (exact) mass is 993 g/mol. The van der Waals surface area contributed by atoms with Gasteiger partial charge in [0.25, 0.3) is 0 Å². The Morgan fingerprint density at radius 1 is 0.304 bits per heavy atom. The average molecular weight is 990 g/mol. The normalized spacial score (nSPS) is 12.4. The Morgan fingerprint density at radius 2 is 0.734 bits per heavy atom. The Kier molecular flexibility index (Phi) is 13.1. The van der Waals surface area contributed by atoms with Crippen LogP contribution in [0.25, 0.3) is 66.1 Å². The van der Waals surface area contributed by atoms with Gasteiger partial charge < -0.3 is 4.90 Å². The Hall–Kier alpha value is -6.64. The summed E-state index contributed by atoms with van der Waals surface area (Å²) >= 11 is 0. The fourth-order valence-electron chi connectivity index (χ4n) is 14.5. The Labute approximate surface area is 485 Å². The zero-order valence-corrected chi connectivity index (χ0v) is 50.2. The highest BCUT2D eigenvalue weighted by atomic mass is 15.2. The predicted molar refractivity (Wildman–Crippen MR) is 404 cm³/mol. The second-order valence-electron chi connectivity index (χ2n) is 23.9. The molecule has 0 amide bonds. The van der Waals surface area contributed by atoms with Crippen molar-refractivity contribution >= 4 is 290 Å². The molecule has 2 nitrogen and oxygen atoms in total. The molecule has 2 aliphatic rings. The first-order chi connectivity index (χ1) is 37.7. The van der Waals surface area contributed by atoms with Gasteiger partial charge in [-0.25, -0.2) is 0 Å². The molecule has 10 aromatic rings. The summed E-state index contributed by atoms with van der Waals surface area (Å²) < 4.78 is 0. The predicted octanol–water partition coefficient (Wildman–Crippen LogP) is -15.6. The molecule has 12 rings (SSSR count). The van der Waals surface area contributed by atoms with Gasteiger partial charge in [0.05, 0.1) is 11.4 Å². The lowest BCUT2D eigenvalue weighted by Gasteiger charge is -2.39. The van der Waals surface area contributed by atoms with Crippen molar-refractivity contribution in [3.63, 3.8) is 0 Å². The largest absolute Gasteiger partial charge is 0.314 e. The van der Waals surface area contributed by atoms with E-state index in [2.05, 4.69) is 255 Å². The standard InChI is InChI=1S/C59H58B18N2/c60-39-36(24-11-13-28-25(18-24)19-33-27-12-9-21(17-22(27)10-14-31(28)33)26-15-16-32(30-7-3-2-6-29(26)30)35-20-23-5-1-4-8-34(23)78-35)40(61)52(73)57(51(39)72)79(59-55(76)49(70)48(69)50(71)56(59)77)58-53(74)43(64)38(44(65)54(58)75)37-41(62)45(66)47(68)46(67)42(37)63/h1-18H,19-20,60-77H2. The van der Waals surface area contributed by atoms with Gasteiger partial charge in [-0.3, -0.25) is 4.99 Å². The summed E-state index contributed by atoms with van der Waals surface area (Å²) in [5.41, 5.74) is 46.7. The van der Waals surface area contributed by atoms with E-state index < -0.39 is 0 Å². The molecule has 0 saturated carbocycles. The van der Waals surface area contributed by atoms with Crippen molar-refractivity contribution in [2.45, 2.75) is 12.8 Å². The smallest absolute Gasteiger partial charge is 0.141 e. The molecule has 1 aliphatic carbocycles. The van der Waals surface area contributed by atoms with Crippen molar-refractivity contribution in [3.05, 3.63) is 131 Å². The van der Waals surface area contributed by atoms with Crippen LogP contribution in [0.5, 0.6) is 0 Å². The fourth-order valence-corrected chi connectivity index (χ4v) is 14.5. The number of rotatable bonds is 7. The SMILES string of the molecule is Bc1c(B)c(B)c(-c2c(B)c(B)c(N(c3c(B)c(B)c(B)c(B)c3B)c3c(B)c(B)c(-c4ccc5c(c4)Cc4c-5ccc5cc(-c6ccc(C7=Nc8ccccc8C7)c7ccccc67)ccc45)c(B)c3B)c(B)c2B)c(B)c1B. The summed E-state index contributed by atoms with van der Waals surface area (Å²) in [5.74, 6) is 0. The molecular formula is C59H58B18N2. The topological polar surface area (TPSA) is 15.6 Å². The maximum Gasteiger partial charge on any atom is 0.141 e. The average Bonchev–Trinajstić information content (AvgIpc) is 4.07. The first kappa shape index (κ1) is 53.0. The van der Waals surface area contributed by atoms with E-state index in [4.69, 9.17) is 4.99 Å². The van der Waals surface area contributed by atoms with Gasteiger partial charge in [-0.15, -0.1) is 21.9 Å².